The first-order chi connectivity index (χ1) is 14.0. The summed E-state index contributed by atoms with van der Waals surface area (Å²) in [4.78, 5) is 4.04. The maximum absolute atomic E-state index is 13.6. The van der Waals surface area contributed by atoms with Crippen LogP contribution >= 0.6 is 15.9 Å². The number of hydrogen-bond donors (Lipinski definition) is 0. The lowest BCUT2D eigenvalue weighted by Gasteiger charge is -2.09. The third-order valence-corrected chi connectivity index (χ3v) is 5.68. The highest BCUT2D eigenvalue weighted by atomic mass is 79.9. The molecular formula is C18H13BrN2O2S. The maximum atomic E-state index is 13.6. The van der Waals surface area contributed by atoms with Crippen LogP contribution in [0.15, 0.2) is 70.0 Å². The van der Waals surface area contributed by atoms with Gasteiger partial charge in [-0.3, -0.25) is 0 Å². The number of pyridine rings is 1. The summed E-state index contributed by atoms with van der Waals surface area (Å²) in [5, 5.41) is -0.124. The van der Waals surface area contributed by atoms with Gasteiger partial charge < -0.3 is 0 Å². The van der Waals surface area contributed by atoms with Gasteiger partial charge in [0.15, 0.2) is 0 Å². The zero-order chi connectivity index (χ0) is 22.1. The van der Waals surface area contributed by atoms with E-state index in [1.165, 1.54) is 12.1 Å². The number of benzene rings is 2. The van der Waals surface area contributed by atoms with Crippen molar-refractivity contribution in [1.82, 2.24) is 8.96 Å². The number of halogens is 1. The Hall–Kier alpha value is -2.18. The number of aromatic nitrogens is 2. The molecule has 0 saturated carbocycles. The number of rotatable bonds is 2. The van der Waals surface area contributed by atoms with Crippen LogP contribution in [0.1, 0.15) is 13.8 Å². The van der Waals surface area contributed by atoms with E-state index in [0.29, 0.717) is 3.97 Å². The van der Waals surface area contributed by atoms with E-state index in [1.54, 1.807) is 19.1 Å². The highest BCUT2D eigenvalue weighted by Crippen LogP contribution is 2.32. The van der Waals surface area contributed by atoms with E-state index in [2.05, 4.69) is 20.9 Å². The Labute approximate surface area is 156 Å². The van der Waals surface area contributed by atoms with E-state index in [4.69, 9.17) is 8.22 Å². The molecule has 0 aliphatic rings. The van der Waals surface area contributed by atoms with Crippen molar-refractivity contribution in [3.63, 3.8) is 0 Å². The molecule has 4 nitrogen and oxygen atoms in total. The molecule has 0 aliphatic heterocycles. The number of hydrogen-bond acceptors (Lipinski definition) is 3. The quantitative estimate of drug-likeness (QED) is 0.460. The molecule has 0 bridgehead atoms. The average Bonchev–Trinajstić information content (AvgIpc) is 3.05. The molecule has 0 spiro atoms. The fourth-order valence-electron chi connectivity index (χ4n) is 2.47. The van der Waals surface area contributed by atoms with Gasteiger partial charge in [0.2, 0.25) is 0 Å². The van der Waals surface area contributed by atoms with Crippen LogP contribution in [0.3, 0.4) is 0 Å². The molecule has 24 heavy (non-hydrogen) atoms. The summed E-state index contributed by atoms with van der Waals surface area (Å²) < 4.78 is 76.8. The first kappa shape index (κ1) is 9.96. The molecule has 2 heterocycles. The van der Waals surface area contributed by atoms with Crippen molar-refractivity contribution in [2.75, 3.05) is 0 Å². The van der Waals surface area contributed by atoms with Crippen molar-refractivity contribution in [1.29, 1.82) is 0 Å². The van der Waals surface area contributed by atoms with Crippen LogP contribution in [0.25, 0.3) is 21.9 Å². The number of nitrogens with zero attached hydrogens (tertiary/aromatic N) is 2. The normalized spacial score (nSPS) is 15.6. The summed E-state index contributed by atoms with van der Waals surface area (Å²) in [5.41, 5.74) is 0.153. The third-order valence-electron chi connectivity index (χ3n) is 3.59. The number of para-hydroxylation sites is 1. The van der Waals surface area contributed by atoms with Crippen LogP contribution < -0.4 is 0 Å². The molecule has 0 fully saturated rings. The van der Waals surface area contributed by atoms with Crippen molar-refractivity contribution in [2.24, 2.45) is 0 Å². The molecule has 0 unspecified atom stereocenters. The Bertz CT molecular complexity index is 1480. The summed E-state index contributed by atoms with van der Waals surface area (Å²) in [7, 11) is -4.38. The molecule has 0 aliphatic carbocycles. The molecule has 4 rings (SSSR count). The molecule has 120 valence electrons. The monoisotopic (exact) mass is 406 g/mol. The number of fused-ring (bicyclic) bond motifs is 3. The first-order valence-corrected chi connectivity index (χ1v) is 9.11. The Morgan fingerprint density at radius 1 is 1.04 bits per heavy atom. The van der Waals surface area contributed by atoms with E-state index in [1.807, 2.05) is 0 Å². The van der Waals surface area contributed by atoms with Gasteiger partial charge in [0.05, 0.1) is 29.7 Å². The van der Waals surface area contributed by atoms with Gasteiger partial charge in [-0.2, -0.15) is 0 Å². The van der Waals surface area contributed by atoms with E-state index in [0.717, 1.165) is 5.56 Å². The van der Waals surface area contributed by atoms with Gasteiger partial charge in [0.25, 0.3) is 10.0 Å². The minimum atomic E-state index is -4.38. The van der Waals surface area contributed by atoms with Gasteiger partial charge in [0.1, 0.15) is 4.60 Å². The van der Waals surface area contributed by atoms with Crippen molar-refractivity contribution < 1.29 is 16.6 Å². The van der Waals surface area contributed by atoms with E-state index in [9.17, 15) is 8.42 Å². The SMILES string of the molecule is [2H]c1c([2H])c([2H])c2c(c1[2H])c1nc(Br)c([2H])c([2H])c1n2S(=O)(=O)c1ccc(C)cc1. The standard InChI is InChI=1S/C18H13BrN2O2S/c1-12-6-8-13(9-7-12)24(22,23)21-15-5-3-2-4-14(15)18-16(21)10-11-17(19)20-18/h2-11H,1H3/i2D,3D,4D,5D,10D,11D. The predicted octanol–water partition coefficient (Wildman–Crippen LogP) is 4.50. The second-order valence-electron chi connectivity index (χ2n) is 5.16. The fraction of sp³-hybridized carbons (Fsp3) is 0.0556. The molecule has 0 amide bonds. The van der Waals surface area contributed by atoms with Crippen molar-refractivity contribution >= 4 is 47.9 Å². The Morgan fingerprint density at radius 2 is 1.75 bits per heavy atom. The van der Waals surface area contributed by atoms with Crippen molar-refractivity contribution in [2.45, 2.75) is 11.8 Å². The van der Waals surface area contributed by atoms with Crippen LogP contribution in [0.5, 0.6) is 0 Å². The largest absolute Gasteiger partial charge is 0.268 e. The van der Waals surface area contributed by atoms with Gasteiger partial charge in [-0.05, 0) is 53.1 Å². The fourth-order valence-corrected chi connectivity index (χ4v) is 4.18. The zero-order valence-corrected chi connectivity index (χ0v) is 14.7. The summed E-state index contributed by atoms with van der Waals surface area (Å²) in [5.74, 6) is 0. The van der Waals surface area contributed by atoms with Crippen LogP contribution in [0, 0.1) is 6.92 Å². The second-order valence-corrected chi connectivity index (χ2v) is 7.69. The Balaban J connectivity index is 2.34. The summed E-state index contributed by atoms with van der Waals surface area (Å²) in [6.07, 6.45) is 0. The zero-order valence-electron chi connectivity index (χ0n) is 18.3. The lowest BCUT2D eigenvalue weighted by Crippen LogP contribution is -2.12. The molecule has 0 N–H and O–H groups in total. The van der Waals surface area contributed by atoms with E-state index >= 15 is 0 Å². The van der Waals surface area contributed by atoms with Crippen molar-refractivity contribution in [3.8, 4) is 0 Å². The Morgan fingerprint density at radius 3 is 2.50 bits per heavy atom. The molecule has 6 heteroatoms. The van der Waals surface area contributed by atoms with Gasteiger partial charge in [-0.15, -0.1) is 0 Å². The van der Waals surface area contributed by atoms with E-state index < -0.39 is 40.2 Å². The average molecular weight is 407 g/mol. The van der Waals surface area contributed by atoms with Crippen LogP contribution in [-0.2, 0) is 10.0 Å². The summed E-state index contributed by atoms with van der Waals surface area (Å²) in [6, 6.07) is 2.96. The van der Waals surface area contributed by atoms with Gasteiger partial charge in [-0.25, -0.2) is 17.4 Å². The van der Waals surface area contributed by atoms with Gasteiger partial charge in [-0.1, -0.05) is 35.8 Å². The first-order valence-electron chi connectivity index (χ1n) is 9.87. The highest BCUT2D eigenvalue weighted by molar-refractivity contribution is 9.10. The molecule has 2 aromatic heterocycles. The van der Waals surface area contributed by atoms with Crippen LogP contribution in [0.2, 0.25) is 0 Å². The highest BCUT2D eigenvalue weighted by Gasteiger charge is 2.23. The van der Waals surface area contributed by atoms with Crippen molar-refractivity contribution in [3.05, 3.63) is 70.7 Å². The van der Waals surface area contributed by atoms with Crippen LogP contribution in [0.4, 0.5) is 0 Å². The Kier molecular flexibility index (Phi) is 2.25. The van der Waals surface area contributed by atoms with Crippen LogP contribution in [-0.4, -0.2) is 17.4 Å². The topological polar surface area (TPSA) is 52.0 Å². The minimum Gasteiger partial charge on any atom is -0.239 e. The van der Waals surface area contributed by atoms with E-state index in [-0.39, 0.29) is 37.5 Å². The predicted molar refractivity (Wildman–Crippen MR) is 98.7 cm³/mol. The molecule has 0 atom stereocenters. The molecule has 2 aromatic carbocycles. The molecule has 0 radical (unpaired) electrons. The molecule has 4 aromatic rings. The summed E-state index contributed by atoms with van der Waals surface area (Å²) in [6.45, 7) is 1.79. The smallest absolute Gasteiger partial charge is 0.239 e. The van der Waals surface area contributed by atoms with Gasteiger partial charge >= 0.3 is 0 Å². The maximum Gasteiger partial charge on any atom is 0.268 e. The lowest BCUT2D eigenvalue weighted by atomic mass is 10.2. The second kappa shape index (κ2) is 5.43. The molecule has 0 saturated heterocycles. The van der Waals surface area contributed by atoms with Gasteiger partial charge in [0, 0.05) is 5.39 Å². The summed E-state index contributed by atoms with van der Waals surface area (Å²) >= 11 is 3.07. The lowest BCUT2D eigenvalue weighted by molar-refractivity contribution is 0.590. The third kappa shape index (κ3) is 2.25. The molecular weight excluding hydrogens is 388 g/mol. The minimum absolute atomic E-state index is 0.0285. The number of aryl methyl sites for hydroxylation is 1.